The van der Waals surface area contributed by atoms with Crippen molar-refractivity contribution in [3.8, 4) is 5.75 Å². The second kappa shape index (κ2) is 8.03. The molecule has 144 valence electrons. The predicted octanol–water partition coefficient (Wildman–Crippen LogP) is 5.61. The van der Waals surface area contributed by atoms with Gasteiger partial charge in [-0.15, -0.1) is 11.2 Å². The minimum Gasteiger partial charge on any atom is -0.508 e. The van der Waals surface area contributed by atoms with Gasteiger partial charge in [0.25, 0.3) is 0 Å². The fourth-order valence-corrected chi connectivity index (χ4v) is 5.17. The molecule has 0 aliphatic heterocycles. The fourth-order valence-electron chi connectivity index (χ4n) is 4.11. The monoisotopic (exact) mass is 368 g/mol. The summed E-state index contributed by atoms with van der Waals surface area (Å²) in [4.78, 5) is 12.9. The first-order chi connectivity index (χ1) is 11.4. The van der Waals surface area contributed by atoms with Gasteiger partial charge in [0.05, 0.1) is 6.42 Å². The number of hydrogen-bond donors (Lipinski definition) is 2. The van der Waals surface area contributed by atoms with E-state index in [2.05, 4.69) is 55.4 Å². The lowest BCUT2D eigenvalue weighted by Gasteiger charge is -2.54. The van der Waals surface area contributed by atoms with Gasteiger partial charge in [-0.1, -0.05) is 67.5 Å². The zero-order valence-electron chi connectivity index (χ0n) is 17.1. The molecule has 0 aliphatic rings. The molecule has 0 aliphatic carbocycles. The molecule has 4 heteroatoms. The molecule has 0 heterocycles. The van der Waals surface area contributed by atoms with Crippen molar-refractivity contribution in [3.63, 3.8) is 0 Å². The van der Waals surface area contributed by atoms with Crippen molar-refractivity contribution >= 4 is 17.1 Å². The Labute approximate surface area is 156 Å². The lowest BCUT2D eigenvalue weighted by atomic mass is 9.50. The van der Waals surface area contributed by atoms with Crippen LogP contribution in [-0.4, -0.2) is 22.6 Å². The van der Waals surface area contributed by atoms with Gasteiger partial charge in [-0.3, -0.25) is 4.79 Å². The first-order valence-electron chi connectivity index (χ1n) is 9.14. The molecular formula is C21H36O3S. The zero-order chi connectivity index (χ0) is 19.5. The van der Waals surface area contributed by atoms with Gasteiger partial charge in [-0.25, -0.2) is 0 Å². The Kier molecular flexibility index (Phi) is 7.03. The average molecular weight is 369 g/mol. The summed E-state index contributed by atoms with van der Waals surface area (Å²) in [5, 5.41) is 9.70. The lowest BCUT2D eigenvalue weighted by molar-refractivity contribution is -0.138. The minimum atomic E-state index is -0.684. The number of aromatic hydroxyl groups is 1. The number of thiol groups is 1. The quantitative estimate of drug-likeness (QED) is 0.641. The first-order valence-corrected chi connectivity index (χ1v) is 10.8. The van der Waals surface area contributed by atoms with Gasteiger partial charge in [-0.2, -0.15) is 0 Å². The van der Waals surface area contributed by atoms with Crippen LogP contribution in [0.3, 0.4) is 0 Å². The molecule has 0 spiro atoms. The van der Waals surface area contributed by atoms with Crippen molar-refractivity contribution in [1.29, 1.82) is 0 Å². The lowest BCUT2D eigenvalue weighted by Crippen LogP contribution is -2.51. The molecule has 0 saturated heterocycles. The van der Waals surface area contributed by atoms with Gasteiger partial charge < -0.3 is 9.29 Å². The van der Waals surface area contributed by atoms with E-state index in [4.69, 9.17) is 4.18 Å². The van der Waals surface area contributed by atoms with E-state index >= 15 is 0 Å². The molecule has 1 aromatic carbocycles. The maximum atomic E-state index is 12.9. The molecule has 0 aromatic heterocycles. The van der Waals surface area contributed by atoms with E-state index in [1.54, 1.807) is 12.1 Å². The molecule has 0 fully saturated rings. The van der Waals surface area contributed by atoms with Crippen LogP contribution in [0.5, 0.6) is 5.75 Å². The molecule has 0 unspecified atom stereocenters. The third-order valence-corrected chi connectivity index (χ3v) is 7.14. The summed E-state index contributed by atoms with van der Waals surface area (Å²) in [5.41, 5.74) is 0.331. The summed E-state index contributed by atoms with van der Waals surface area (Å²) in [6, 6.07) is 7.30. The summed E-state index contributed by atoms with van der Waals surface area (Å²) in [6.45, 7) is 17.2. The summed E-state index contributed by atoms with van der Waals surface area (Å²) < 4.78 is 5.82. The van der Waals surface area contributed by atoms with Crippen molar-refractivity contribution in [3.05, 3.63) is 29.8 Å². The van der Waals surface area contributed by atoms with Crippen LogP contribution in [0.2, 0.25) is 0 Å². The summed E-state index contributed by atoms with van der Waals surface area (Å²) >= 11 is -0.684. The summed E-state index contributed by atoms with van der Waals surface area (Å²) in [7, 11) is 0. The number of rotatable bonds is 6. The van der Waals surface area contributed by atoms with E-state index in [-0.39, 0.29) is 22.5 Å². The number of phenolic OH excluding ortho intramolecular Hbond substituents is 1. The SMILES string of the molecule is CC[SH](CC)OC(=O)CC(c1ccc(O)cc1)(C(C)(C)C)C(C)(C)C. The van der Waals surface area contributed by atoms with Crippen LogP contribution in [-0.2, 0) is 14.4 Å². The topological polar surface area (TPSA) is 46.5 Å². The Morgan fingerprint density at radius 3 is 1.76 bits per heavy atom. The second-order valence-corrected chi connectivity index (χ2v) is 11.1. The highest BCUT2D eigenvalue weighted by molar-refractivity contribution is 8.13. The van der Waals surface area contributed by atoms with E-state index in [1.807, 2.05) is 12.1 Å². The Bertz CT molecular complexity index is 546. The number of carbonyl (C=O) groups is 1. The molecule has 0 bridgehead atoms. The summed E-state index contributed by atoms with van der Waals surface area (Å²) in [6.07, 6.45) is 0.337. The van der Waals surface area contributed by atoms with Gasteiger partial charge in [0.1, 0.15) is 5.75 Å². The van der Waals surface area contributed by atoms with E-state index in [9.17, 15) is 9.90 Å². The highest BCUT2D eigenvalue weighted by atomic mass is 32.2. The third kappa shape index (κ3) is 4.72. The van der Waals surface area contributed by atoms with Crippen LogP contribution in [0.4, 0.5) is 0 Å². The number of benzene rings is 1. The molecule has 0 radical (unpaired) electrons. The third-order valence-electron chi connectivity index (χ3n) is 5.27. The predicted molar refractivity (Wildman–Crippen MR) is 109 cm³/mol. The Balaban J connectivity index is 3.41. The highest BCUT2D eigenvalue weighted by Gasteiger charge is 2.53. The smallest absolute Gasteiger partial charge is 0.316 e. The Morgan fingerprint density at radius 2 is 1.40 bits per heavy atom. The molecular weight excluding hydrogens is 332 g/mol. The van der Waals surface area contributed by atoms with Crippen LogP contribution in [0.25, 0.3) is 0 Å². The molecule has 0 atom stereocenters. The largest absolute Gasteiger partial charge is 0.508 e. The van der Waals surface area contributed by atoms with Crippen LogP contribution >= 0.6 is 11.2 Å². The van der Waals surface area contributed by atoms with Crippen LogP contribution in [0.15, 0.2) is 24.3 Å². The molecule has 3 nitrogen and oxygen atoms in total. The number of carbonyl (C=O) groups excluding carboxylic acids is 1. The van der Waals surface area contributed by atoms with E-state index < -0.39 is 16.6 Å². The normalized spacial score (nSPS) is 13.5. The average Bonchev–Trinajstić information content (AvgIpc) is 2.48. The van der Waals surface area contributed by atoms with Crippen LogP contribution < -0.4 is 0 Å². The van der Waals surface area contributed by atoms with E-state index in [1.165, 1.54) is 0 Å². The highest BCUT2D eigenvalue weighted by Crippen LogP contribution is 2.56. The van der Waals surface area contributed by atoms with Gasteiger partial charge in [0.2, 0.25) is 0 Å². The van der Waals surface area contributed by atoms with Gasteiger partial charge in [-0.05, 0) is 28.5 Å². The number of phenols is 1. The van der Waals surface area contributed by atoms with Crippen molar-refractivity contribution in [2.75, 3.05) is 11.5 Å². The molecule has 1 N–H and O–H groups in total. The summed E-state index contributed by atoms with van der Waals surface area (Å²) in [5.74, 6) is 1.92. The van der Waals surface area contributed by atoms with Crippen molar-refractivity contribution in [2.45, 2.75) is 67.2 Å². The molecule has 0 amide bonds. The standard InChI is InChI=1S/C21H36O3S/c1-9-25(10-2)24-18(23)15-21(19(3,4)5,20(6,7)8)16-11-13-17(22)14-12-16/h11-14,22,25H,9-10,15H2,1-8H3. The maximum Gasteiger partial charge on any atom is 0.316 e. The van der Waals surface area contributed by atoms with Gasteiger partial charge >= 0.3 is 5.97 Å². The van der Waals surface area contributed by atoms with Crippen molar-refractivity contribution in [1.82, 2.24) is 0 Å². The van der Waals surface area contributed by atoms with Crippen molar-refractivity contribution in [2.24, 2.45) is 10.8 Å². The van der Waals surface area contributed by atoms with Crippen LogP contribution in [0.1, 0.15) is 67.4 Å². The molecule has 0 saturated carbocycles. The molecule has 25 heavy (non-hydrogen) atoms. The first kappa shape index (κ1) is 21.9. The molecule has 1 aromatic rings. The van der Waals surface area contributed by atoms with Crippen LogP contribution in [0, 0.1) is 10.8 Å². The second-order valence-electron chi connectivity index (χ2n) is 8.71. The van der Waals surface area contributed by atoms with E-state index in [0.29, 0.717) is 6.42 Å². The Morgan fingerprint density at radius 1 is 0.960 bits per heavy atom. The van der Waals surface area contributed by atoms with Crippen molar-refractivity contribution < 1.29 is 14.1 Å². The molecule has 1 rings (SSSR count). The number of hydrogen-bond acceptors (Lipinski definition) is 3. The zero-order valence-corrected chi connectivity index (χ0v) is 18.0. The Hall–Kier alpha value is -1.16. The van der Waals surface area contributed by atoms with E-state index in [0.717, 1.165) is 17.1 Å². The fraction of sp³-hybridized carbons (Fsp3) is 0.667. The van der Waals surface area contributed by atoms with Gasteiger partial charge in [0.15, 0.2) is 0 Å². The minimum absolute atomic E-state index is 0.118. The maximum absolute atomic E-state index is 12.9. The van der Waals surface area contributed by atoms with Gasteiger partial charge in [0, 0.05) is 16.9 Å².